The minimum Gasteiger partial charge on any atom is -0.309 e. The van der Waals surface area contributed by atoms with Crippen LogP contribution in [0, 0.1) is 0 Å². The summed E-state index contributed by atoms with van der Waals surface area (Å²) < 4.78 is 4.81. The third-order valence-corrected chi connectivity index (χ3v) is 12.9. The average Bonchev–Trinajstić information content (AvgIpc) is 3.87. The van der Waals surface area contributed by atoms with Crippen molar-refractivity contribution in [3.63, 3.8) is 0 Å². The van der Waals surface area contributed by atoms with E-state index in [1.165, 1.54) is 42.7 Å². The number of thiophene rings is 1. The molecule has 0 saturated carbocycles. The lowest BCUT2D eigenvalue weighted by atomic mass is 9.93. The van der Waals surface area contributed by atoms with Crippen LogP contribution in [0.5, 0.6) is 0 Å². The summed E-state index contributed by atoms with van der Waals surface area (Å²) in [5, 5.41) is 7.26. The summed E-state index contributed by atoms with van der Waals surface area (Å²) >= 11 is 1.79. The molecule has 0 spiro atoms. The van der Waals surface area contributed by atoms with Crippen molar-refractivity contribution in [1.29, 1.82) is 0 Å². The molecule has 0 N–H and O–H groups in total. The molecule has 12 aromatic rings. The number of nitrogens with zero attached hydrogens (tertiary/aromatic N) is 4. The lowest BCUT2D eigenvalue weighted by molar-refractivity contribution is 1.08. The van der Waals surface area contributed by atoms with Crippen LogP contribution in [-0.4, -0.2) is 19.5 Å². The van der Waals surface area contributed by atoms with Crippen LogP contribution in [0.4, 0.5) is 0 Å². The van der Waals surface area contributed by atoms with E-state index in [0.29, 0.717) is 17.5 Å². The Balaban J connectivity index is 1.10. The van der Waals surface area contributed by atoms with E-state index in [4.69, 9.17) is 15.0 Å². The van der Waals surface area contributed by atoms with Crippen molar-refractivity contribution in [2.24, 2.45) is 0 Å². The lowest BCUT2D eigenvalue weighted by Crippen LogP contribution is -2.02. The Kier molecular flexibility index (Phi) is 8.00. The summed E-state index contributed by atoms with van der Waals surface area (Å²) in [6.45, 7) is 0. The first-order chi connectivity index (χ1) is 29.8. The monoisotopic (exact) mass is 782 g/mol. The van der Waals surface area contributed by atoms with Gasteiger partial charge in [0.1, 0.15) is 0 Å². The number of benzene rings is 9. The van der Waals surface area contributed by atoms with Gasteiger partial charge in [0, 0.05) is 53.0 Å². The number of hydrogen-bond acceptors (Lipinski definition) is 4. The number of fused-ring (bicyclic) bond motifs is 7. The fraction of sp³-hybridized carbons (Fsp3) is 0. The molecule has 280 valence electrons. The van der Waals surface area contributed by atoms with E-state index in [-0.39, 0.29) is 0 Å². The molecule has 60 heavy (non-hydrogen) atoms. The van der Waals surface area contributed by atoms with Crippen molar-refractivity contribution >= 4 is 64.1 Å². The molecule has 0 amide bonds. The third-order valence-electron chi connectivity index (χ3n) is 11.7. The van der Waals surface area contributed by atoms with Crippen molar-refractivity contribution < 1.29 is 0 Å². The van der Waals surface area contributed by atoms with Gasteiger partial charge < -0.3 is 4.57 Å². The Labute approximate surface area is 350 Å². The first-order valence-corrected chi connectivity index (χ1v) is 21.0. The predicted octanol–water partition coefficient (Wildman–Crippen LogP) is 14.8. The molecule has 0 aliphatic carbocycles. The molecule has 4 nitrogen and oxygen atoms in total. The zero-order valence-electron chi connectivity index (χ0n) is 32.3. The first kappa shape index (κ1) is 34.3. The Morgan fingerprint density at radius 3 is 1.48 bits per heavy atom. The Morgan fingerprint density at radius 1 is 0.300 bits per heavy atom. The van der Waals surface area contributed by atoms with Crippen molar-refractivity contribution in [2.75, 3.05) is 0 Å². The number of hydrogen-bond donors (Lipinski definition) is 0. The van der Waals surface area contributed by atoms with Crippen molar-refractivity contribution in [3.8, 4) is 62.1 Å². The van der Waals surface area contributed by atoms with Crippen LogP contribution in [0.2, 0.25) is 0 Å². The summed E-state index contributed by atoms with van der Waals surface area (Å²) in [4.78, 5) is 16.1. The van der Waals surface area contributed by atoms with Gasteiger partial charge in [-0.05, 0) is 58.0 Å². The largest absolute Gasteiger partial charge is 0.309 e. The van der Waals surface area contributed by atoms with Crippen LogP contribution in [-0.2, 0) is 0 Å². The molecule has 9 aromatic carbocycles. The third kappa shape index (κ3) is 5.48. The fourth-order valence-corrected chi connectivity index (χ4v) is 10.2. The summed E-state index contributed by atoms with van der Waals surface area (Å²) in [6.07, 6.45) is 0. The topological polar surface area (TPSA) is 43.6 Å². The van der Waals surface area contributed by atoms with Gasteiger partial charge in [0.05, 0.1) is 16.7 Å². The van der Waals surface area contributed by atoms with Crippen LogP contribution in [0.15, 0.2) is 206 Å². The first-order valence-electron chi connectivity index (χ1n) is 20.2. The van der Waals surface area contributed by atoms with Gasteiger partial charge in [-0.1, -0.05) is 176 Å². The fourth-order valence-electron chi connectivity index (χ4n) is 9.03. The number of rotatable bonds is 6. The lowest BCUT2D eigenvalue weighted by Gasteiger charge is -2.16. The van der Waals surface area contributed by atoms with Crippen molar-refractivity contribution in [3.05, 3.63) is 206 Å². The summed E-state index contributed by atoms with van der Waals surface area (Å²) in [5.74, 6) is 1.91. The predicted molar refractivity (Wildman–Crippen MR) is 252 cm³/mol. The summed E-state index contributed by atoms with van der Waals surface area (Å²) in [5.41, 5.74) is 10.8. The van der Waals surface area contributed by atoms with E-state index in [9.17, 15) is 0 Å². The Bertz CT molecular complexity index is 3570. The molecule has 0 bridgehead atoms. The highest BCUT2D eigenvalue weighted by atomic mass is 32.1. The van der Waals surface area contributed by atoms with Gasteiger partial charge in [0.2, 0.25) is 0 Å². The second-order valence-corrected chi connectivity index (χ2v) is 16.1. The molecule has 0 radical (unpaired) electrons. The second-order valence-electron chi connectivity index (χ2n) is 15.1. The molecular formula is C55H34N4S. The smallest absolute Gasteiger partial charge is 0.165 e. The highest BCUT2D eigenvalue weighted by Gasteiger charge is 2.21. The Hall–Kier alpha value is -7.73. The quantitative estimate of drug-likeness (QED) is 0.169. The van der Waals surface area contributed by atoms with Gasteiger partial charge in [-0.2, -0.15) is 0 Å². The van der Waals surface area contributed by atoms with E-state index >= 15 is 0 Å². The molecule has 3 heterocycles. The molecule has 12 rings (SSSR count). The van der Waals surface area contributed by atoms with Crippen LogP contribution in [0.3, 0.4) is 0 Å². The number of para-hydroxylation sites is 2. The summed E-state index contributed by atoms with van der Waals surface area (Å²) in [7, 11) is 0. The average molecular weight is 783 g/mol. The SMILES string of the molecule is c1ccc(-c2ccccc2-c2nc(-c3ccccc3-c3cccc4c(-n5c6ccccc6c6ccccc65)cccc34)nc(-c3cccc4c3sc3ccccc34)n2)cc1. The van der Waals surface area contributed by atoms with Crippen molar-refractivity contribution in [2.45, 2.75) is 0 Å². The van der Waals surface area contributed by atoms with E-state index < -0.39 is 0 Å². The van der Waals surface area contributed by atoms with Gasteiger partial charge in [-0.3, -0.25) is 0 Å². The van der Waals surface area contributed by atoms with Gasteiger partial charge >= 0.3 is 0 Å². The molecule has 0 saturated heterocycles. The molecule has 0 aliphatic heterocycles. The Morgan fingerprint density at radius 2 is 0.767 bits per heavy atom. The maximum absolute atomic E-state index is 5.40. The van der Waals surface area contributed by atoms with E-state index in [1.54, 1.807) is 11.3 Å². The molecule has 3 aromatic heterocycles. The molecule has 0 aliphatic rings. The molecule has 0 fully saturated rings. The van der Waals surface area contributed by atoms with Crippen LogP contribution in [0.1, 0.15) is 0 Å². The van der Waals surface area contributed by atoms with Crippen LogP contribution >= 0.6 is 11.3 Å². The molecular weight excluding hydrogens is 749 g/mol. The minimum absolute atomic E-state index is 0.627. The zero-order valence-corrected chi connectivity index (χ0v) is 33.1. The van der Waals surface area contributed by atoms with Gasteiger partial charge in [0.15, 0.2) is 17.5 Å². The van der Waals surface area contributed by atoms with Crippen LogP contribution < -0.4 is 0 Å². The zero-order chi connectivity index (χ0) is 39.6. The van der Waals surface area contributed by atoms with Crippen LogP contribution in [0.25, 0.3) is 115 Å². The maximum Gasteiger partial charge on any atom is 0.165 e. The van der Waals surface area contributed by atoms with Crippen molar-refractivity contribution in [1.82, 2.24) is 19.5 Å². The normalized spacial score (nSPS) is 11.7. The minimum atomic E-state index is 0.627. The molecule has 0 unspecified atom stereocenters. The van der Waals surface area contributed by atoms with Gasteiger partial charge in [0.25, 0.3) is 0 Å². The van der Waals surface area contributed by atoms with E-state index in [2.05, 4.69) is 205 Å². The van der Waals surface area contributed by atoms with E-state index in [0.717, 1.165) is 54.7 Å². The standard InChI is InChI=1S/C55H34N4S/c1-2-17-35(18-3-1)36-19-4-6-24-45(36)53-56-54(58-55(57-53)47-30-15-29-44-43-23-10-13-34-51(43)60-52(44)47)46-25-7-5-20-39(46)37-26-14-28-40-38(37)27-16-33-50(40)59-48-31-11-8-21-41(48)42-22-9-12-32-49(42)59/h1-34H. The van der Waals surface area contributed by atoms with E-state index in [1.807, 2.05) is 6.07 Å². The van der Waals surface area contributed by atoms with Gasteiger partial charge in [-0.15, -0.1) is 11.3 Å². The highest BCUT2D eigenvalue weighted by molar-refractivity contribution is 7.26. The summed E-state index contributed by atoms with van der Waals surface area (Å²) in [6, 6.07) is 73.2. The number of aromatic nitrogens is 4. The maximum atomic E-state index is 5.40. The highest BCUT2D eigenvalue weighted by Crippen LogP contribution is 2.43. The van der Waals surface area contributed by atoms with Gasteiger partial charge in [-0.25, -0.2) is 15.0 Å². The second kappa shape index (κ2) is 14.0. The molecule has 5 heteroatoms. The molecule has 0 atom stereocenters.